The summed E-state index contributed by atoms with van der Waals surface area (Å²) < 4.78 is 0.900. The first-order valence-electron chi connectivity index (χ1n) is 6.53. The minimum atomic E-state index is -1.05. The van der Waals surface area contributed by atoms with Gasteiger partial charge in [-0.05, 0) is 30.7 Å². The van der Waals surface area contributed by atoms with Crippen molar-refractivity contribution in [1.82, 2.24) is 0 Å². The van der Waals surface area contributed by atoms with Gasteiger partial charge in [0.05, 0.1) is 5.56 Å². The highest BCUT2D eigenvalue weighted by Gasteiger charge is 2.14. The topological polar surface area (TPSA) is 82.2 Å². The SMILES string of the molecule is Cc1cccc(N=Nc2sc3ccccc3c2O)c1C(=O)O. The van der Waals surface area contributed by atoms with Gasteiger partial charge in [0.2, 0.25) is 0 Å². The largest absolute Gasteiger partial charge is 0.504 e. The molecule has 1 heterocycles. The van der Waals surface area contributed by atoms with Crippen LogP contribution in [0.3, 0.4) is 0 Å². The molecule has 0 aliphatic rings. The smallest absolute Gasteiger partial charge is 0.338 e. The molecule has 0 atom stereocenters. The third-order valence-electron chi connectivity index (χ3n) is 3.26. The van der Waals surface area contributed by atoms with Crippen molar-refractivity contribution in [3.8, 4) is 5.75 Å². The van der Waals surface area contributed by atoms with E-state index >= 15 is 0 Å². The molecule has 3 aromatic rings. The van der Waals surface area contributed by atoms with Gasteiger partial charge in [-0.2, -0.15) is 0 Å². The molecule has 6 heteroatoms. The van der Waals surface area contributed by atoms with Crippen LogP contribution in [-0.4, -0.2) is 16.2 Å². The van der Waals surface area contributed by atoms with Gasteiger partial charge in [-0.25, -0.2) is 4.79 Å². The lowest BCUT2D eigenvalue weighted by Crippen LogP contribution is -1.99. The van der Waals surface area contributed by atoms with Gasteiger partial charge in [0, 0.05) is 10.1 Å². The van der Waals surface area contributed by atoms with Crippen molar-refractivity contribution in [2.75, 3.05) is 0 Å². The van der Waals surface area contributed by atoms with Crippen molar-refractivity contribution >= 4 is 38.1 Å². The molecule has 0 aliphatic heterocycles. The Morgan fingerprint density at radius 3 is 2.59 bits per heavy atom. The van der Waals surface area contributed by atoms with Crippen LogP contribution in [0.2, 0.25) is 0 Å². The number of carboxylic acids is 1. The summed E-state index contributed by atoms with van der Waals surface area (Å²) in [6.07, 6.45) is 0. The van der Waals surface area contributed by atoms with Crippen molar-refractivity contribution in [3.05, 3.63) is 53.6 Å². The van der Waals surface area contributed by atoms with Crippen LogP contribution in [-0.2, 0) is 0 Å². The molecule has 0 radical (unpaired) electrons. The number of hydrogen-bond donors (Lipinski definition) is 2. The number of fused-ring (bicyclic) bond motifs is 1. The first kappa shape index (κ1) is 14.2. The van der Waals surface area contributed by atoms with Crippen molar-refractivity contribution in [2.24, 2.45) is 10.2 Å². The summed E-state index contributed by atoms with van der Waals surface area (Å²) in [5.74, 6) is -0.985. The molecule has 1 aromatic heterocycles. The second-order valence-corrected chi connectivity index (χ2v) is 5.76. The second-order valence-electron chi connectivity index (χ2n) is 4.73. The molecule has 0 unspecified atom stereocenters. The van der Waals surface area contributed by atoms with E-state index in [1.165, 1.54) is 11.3 Å². The molecule has 0 aliphatic carbocycles. The van der Waals surface area contributed by atoms with Crippen LogP contribution in [0.5, 0.6) is 5.75 Å². The highest BCUT2D eigenvalue weighted by Crippen LogP contribution is 2.43. The predicted octanol–water partition coefficient (Wildman–Crippen LogP) is 5.03. The number of aromatic hydroxyl groups is 1. The number of rotatable bonds is 3. The first-order valence-corrected chi connectivity index (χ1v) is 7.34. The Morgan fingerprint density at radius 1 is 1.09 bits per heavy atom. The lowest BCUT2D eigenvalue weighted by atomic mass is 10.1. The monoisotopic (exact) mass is 312 g/mol. The lowest BCUT2D eigenvalue weighted by molar-refractivity contribution is 0.0697. The number of carbonyl (C=O) groups is 1. The highest BCUT2D eigenvalue weighted by molar-refractivity contribution is 7.23. The van der Waals surface area contributed by atoms with Crippen LogP contribution in [0.4, 0.5) is 10.7 Å². The molecule has 0 bridgehead atoms. The minimum Gasteiger partial charge on any atom is -0.504 e. The zero-order chi connectivity index (χ0) is 15.7. The van der Waals surface area contributed by atoms with E-state index in [1.807, 2.05) is 18.2 Å². The maximum atomic E-state index is 11.3. The number of benzene rings is 2. The van der Waals surface area contributed by atoms with E-state index in [-0.39, 0.29) is 17.0 Å². The summed E-state index contributed by atoms with van der Waals surface area (Å²) in [6.45, 7) is 1.71. The van der Waals surface area contributed by atoms with Gasteiger partial charge in [-0.1, -0.05) is 24.3 Å². The number of aryl methyl sites for hydroxylation is 1. The molecule has 0 amide bonds. The molecule has 5 nitrogen and oxygen atoms in total. The van der Waals surface area contributed by atoms with E-state index in [4.69, 9.17) is 0 Å². The van der Waals surface area contributed by atoms with Crippen LogP contribution < -0.4 is 0 Å². The van der Waals surface area contributed by atoms with Crippen LogP contribution >= 0.6 is 11.3 Å². The molecule has 0 saturated carbocycles. The number of thiophene rings is 1. The van der Waals surface area contributed by atoms with Gasteiger partial charge in [-0.3, -0.25) is 0 Å². The van der Waals surface area contributed by atoms with Crippen molar-refractivity contribution in [2.45, 2.75) is 6.92 Å². The zero-order valence-electron chi connectivity index (χ0n) is 11.6. The molecular weight excluding hydrogens is 300 g/mol. The standard InChI is InChI=1S/C16H12N2O3S/c1-9-5-4-7-11(13(9)16(20)21)17-18-15-14(19)10-6-2-3-8-12(10)22-15/h2-8,19H,1H3,(H,20,21). The fraction of sp³-hybridized carbons (Fsp3) is 0.0625. The fourth-order valence-electron chi connectivity index (χ4n) is 2.20. The summed E-state index contributed by atoms with van der Waals surface area (Å²) in [6, 6.07) is 12.4. The van der Waals surface area contributed by atoms with Gasteiger partial charge in [0.15, 0.2) is 10.8 Å². The van der Waals surface area contributed by atoms with Crippen LogP contribution in [0.1, 0.15) is 15.9 Å². The maximum Gasteiger partial charge on any atom is 0.338 e. The van der Waals surface area contributed by atoms with E-state index in [9.17, 15) is 15.0 Å². The highest BCUT2D eigenvalue weighted by atomic mass is 32.1. The lowest BCUT2D eigenvalue weighted by Gasteiger charge is -2.02. The van der Waals surface area contributed by atoms with Gasteiger partial charge < -0.3 is 10.2 Å². The molecule has 0 spiro atoms. The Kier molecular flexibility index (Phi) is 3.60. The van der Waals surface area contributed by atoms with Gasteiger partial charge >= 0.3 is 5.97 Å². The van der Waals surface area contributed by atoms with E-state index in [0.29, 0.717) is 16.0 Å². The number of aromatic carboxylic acids is 1. The first-order chi connectivity index (χ1) is 10.6. The van der Waals surface area contributed by atoms with Gasteiger partial charge in [0.1, 0.15) is 5.69 Å². The Labute approximate surface area is 130 Å². The van der Waals surface area contributed by atoms with Gasteiger partial charge in [-0.15, -0.1) is 21.6 Å². The number of carboxylic acid groups (broad SMARTS) is 1. The molecular formula is C16H12N2O3S. The van der Waals surface area contributed by atoms with E-state index in [0.717, 1.165) is 4.70 Å². The average molecular weight is 312 g/mol. The molecule has 3 rings (SSSR count). The van der Waals surface area contributed by atoms with Crippen molar-refractivity contribution in [3.63, 3.8) is 0 Å². The molecule has 22 heavy (non-hydrogen) atoms. The Hall–Kier alpha value is -2.73. The van der Waals surface area contributed by atoms with E-state index < -0.39 is 5.97 Å². The third kappa shape index (κ3) is 2.44. The molecule has 2 N–H and O–H groups in total. The van der Waals surface area contributed by atoms with Crippen LogP contribution in [0.15, 0.2) is 52.7 Å². The zero-order valence-corrected chi connectivity index (χ0v) is 12.5. The van der Waals surface area contributed by atoms with Crippen molar-refractivity contribution < 1.29 is 15.0 Å². The van der Waals surface area contributed by atoms with E-state index in [1.54, 1.807) is 31.2 Å². The molecule has 0 saturated heterocycles. The maximum absolute atomic E-state index is 11.3. The van der Waals surface area contributed by atoms with Crippen LogP contribution in [0.25, 0.3) is 10.1 Å². The van der Waals surface area contributed by atoms with Crippen LogP contribution in [0, 0.1) is 6.92 Å². The Bertz CT molecular complexity index is 900. The van der Waals surface area contributed by atoms with E-state index in [2.05, 4.69) is 10.2 Å². The normalized spacial score (nSPS) is 11.3. The Balaban J connectivity index is 2.05. The number of azo groups is 1. The van der Waals surface area contributed by atoms with Gasteiger partial charge in [0.25, 0.3) is 0 Å². The minimum absolute atomic E-state index is 0.0638. The second kappa shape index (κ2) is 5.57. The summed E-state index contributed by atoms with van der Waals surface area (Å²) in [5, 5.41) is 28.5. The van der Waals surface area contributed by atoms with Crippen molar-refractivity contribution in [1.29, 1.82) is 0 Å². The predicted molar refractivity (Wildman–Crippen MR) is 85.8 cm³/mol. The molecule has 2 aromatic carbocycles. The summed E-state index contributed by atoms with van der Waals surface area (Å²) in [7, 11) is 0. The average Bonchev–Trinajstić information content (AvgIpc) is 2.81. The summed E-state index contributed by atoms with van der Waals surface area (Å²) >= 11 is 1.30. The summed E-state index contributed by atoms with van der Waals surface area (Å²) in [5.41, 5.74) is 1.00. The Morgan fingerprint density at radius 2 is 1.86 bits per heavy atom. The number of hydrogen-bond acceptors (Lipinski definition) is 5. The third-order valence-corrected chi connectivity index (χ3v) is 4.31. The molecule has 0 fully saturated rings. The quantitative estimate of drug-likeness (QED) is 0.665. The summed E-state index contributed by atoms with van der Waals surface area (Å²) in [4.78, 5) is 11.3. The fourth-order valence-corrected chi connectivity index (χ4v) is 3.12. The number of nitrogens with zero attached hydrogens (tertiary/aromatic N) is 2. The molecule has 110 valence electrons.